The minimum absolute atomic E-state index is 0.0935. The molecule has 2 saturated carbocycles. The Morgan fingerprint density at radius 3 is 2.96 bits per heavy atom. The number of fused-ring (bicyclic) bond motifs is 2. The zero-order valence-electron chi connectivity index (χ0n) is 14.1. The van der Waals surface area contributed by atoms with E-state index in [2.05, 4.69) is 15.7 Å². The van der Waals surface area contributed by atoms with Gasteiger partial charge in [0.2, 0.25) is 0 Å². The second-order valence-corrected chi connectivity index (χ2v) is 7.21. The fourth-order valence-corrected chi connectivity index (χ4v) is 4.55. The molecule has 2 amide bonds. The number of carbonyl (C=O) groups excluding carboxylic acids is 1. The van der Waals surface area contributed by atoms with Crippen molar-refractivity contribution in [3.8, 4) is 0 Å². The predicted octanol–water partition coefficient (Wildman–Crippen LogP) is 2.46. The van der Waals surface area contributed by atoms with Crippen molar-refractivity contribution >= 4 is 11.7 Å². The van der Waals surface area contributed by atoms with Crippen LogP contribution in [0.5, 0.6) is 0 Å². The van der Waals surface area contributed by atoms with Gasteiger partial charge in [-0.2, -0.15) is 5.10 Å². The number of urea groups is 1. The highest BCUT2D eigenvalue weighted by Crippen LogP contribution is 2.48. The summed E-state index contributed by atoms with van der Waals surface area (Å²) < 4.78 is 1.85. The summed E-state index contributed by atoms with van der Waals surface area (Å²) >= 11 is 0. The fourth-order valence-electron chi connectivity index (χ4n) is 4.55. The van der Waals surface area contributed by atoms with E-state index >= 15 is 0 Å². The molecule has 1 aromatic carbocycles. The molecule has 2 aliphatic carbocycles. The molecule has 6 nitrogen and oxygen atoms in total. The van der Waals surface area contributed by atoms with Crippen LogP contribution in [0.1, 0.15) is 24.8 Å². The summed E-state index contributed by atoms with van der Waals surface area (Å²) in [7, 11) is 0. The van der Waals surface area contributed by atoms with Gasteiger partial charge in [0.15, 0.2) is 0 Å². The quantitative estimate of drug-likeness (QED) is 0.782. The first kappa shape index (κ1) is 16.1. The molecule has 132 valence electrons. The first-order valence-electron chi connectivity index (χ1n) is 8.97. The van der Waals surface area contributed by atoms with Crippen molar-refractivity contribution in [1.29, 1.82) is 0 Å². The maximum absolute atomic E-state index is 12.4. The zero-order chi connectivity index (χ0) is 17.2. The van der Waals surface area contributed by atoms with Gasteiger partial charge in [-0.05, 0) is 54.9 Å². The molecule has 6 heteroatoms. The Morgan fingerprint density at radius 1 is 1.28 bits per heavy atom. The van der Waals surface area contributed by atoms with E-state index in [1.54, 1.807) is 6.20 Å². The second kappa shape index (κ2) is 6.88. The molecule has 2 fully saturated rings. The number of aromatic nitrogens is 2. The largest absolute Gasteiger partial charge is 0.396 e. The van der Waals surface area contributed by atoms with Crippen LogP contribution in [0.15, 0.2) is 42.7 Å². The molecule has 2 bridgehead atoms. The first-order chi connectivity index (χ1) is 12.2. The van der Waals surface area contributed by atoms with Crippen molar-refractivity contribution < 1.29 is 9.90 Å². The van der Waals surface area contributed by atoms with E-state index in [0.717, 1.165) is 24.1 Å². The topological polar surface area (TPSA) is 79.2 Å². The lowest BCUT2D eigenvalue weighted by atomic mass is 9.85. The van der Waals surface area contributed by atoms with E-state index in [0.29, 0.717) is 18.4 Å². The smallest absolute Gasteiger partial charge is 0.319 e. The molecule has 0 saturated heterocycles. The third kappa shape index (κ3) is 3.39. The molecule has 25 heavy (non-hydrogen) atoms. The molecule has 0 spiro atoms. The molecule has 1 heterocycles. The lowest BCUT2D eigenvalue weighted by Gasteiger charge is -2.30. The van der Waals surface area contributed by atoms with Gasteiger partial charge in [-0.3, -0.25) is 4.68 Å². The van der Waals surface area contributed by atoms with E-state index < -0.39 is 0 Å². The highest BCUT2D eigenvalue weighted by Gasteiger charge is 2.47. The predicted molar refractivity (Wildman–Crippen MR) is 95.1 cm³/mol. The Morgan fingerprint density at radius 2 is 2.16 bits per heavy atom. The fraction of sp³-hybridized carbons (Fsp3) is 0.474. The number of aliphatic hydroxyl groups is 1. The van der Waals surface area contributed by atoms with Gasteiger partial charge in [0.1, 0.15) is 0 Å². The van der Waals surface area contributed by atoms with Gasteiger partial charge in [0, 0.05) is 36.6 Å². The summed E-state index contributed by atoms with van der Waals surface area (Å²) in [5, 5.41) is 19.9. The second-order valence-electron chi connectivity index (χ2n) is 7.21. The summed E-state index contributed by atoms with van der Waals surface area (Å²) in [6.07, 6.45) is 7.14. The van der Waals surface area contributed by atoms with E-state index in [-0.39, 0.29) is 24.6 Å². The molecule has 0 aliphatic heterocycles. The maximum Gasteiger partial charge on any atom is 0.319 e. The van der Waals surface area contributed by atoms with Gasteiger partial charge in [0.05, 0.1) is 6.54 Å². The highest BCUT2D eigenvalue weighted by atomic mass is 16.3. The van der Waals surface area contributed by atoms with Gasteiger partial charge in [-0.15, -0.1) is 0 Å². The number of aliphatic hydroxyl groups excluding tert-OH is 1. The average Bonchev–Trinajstić information content (AvgIpc) is 3.32. The number of benzene rings is 1. The third-order valence-corrected chi connectivity index (χ3v) is 5.69. The van der Waals surface area contributed by atoms with E-state index in [4.69, 9.17) is 0 Å². The molecule has 4 unspecified atom stereocenters. The number of amides is 2. The number of carbonyl (C=O) groups is 1. The van der Waals surface area contributed by atoms with Crippen LogP contribution in [0, 0.1) is 17.8 Å². The lowest BCUT2D eigenvalue weighted by Crippen LogP contribution is -2.46. The van der Waals surface area contributed by atoms with Crippen molar-refractivity contribution in [3.63, 3.8) is 0 Å². The van der Waals surface area contributed by atoms with E-state index in [1.807, 2.05) is 41.2 Å². The van der Waals surface area contributed by atoms with Crippen LogP contribution < -0.4 is 10.6 Å². The third-order valence-electron chi connectivity index (χ3n) is 5.69. The van der Waals surface area contributed by atoms with Crippen LogP contribution in [0.3, 0.4) is 0 Å². The van der Waals surface area contributed by atoms with Crippen LogP contribution in [0.2, 0.25) is 0 Å². The zero-order valence-corrected chi connectivity index (χ0v) is 14.1. The Bertz CT molecular complexity index is 731. The number of anilines is 1. The van der Waals surface area contributed by atoms with Gasteiger partial charge >= 0.3 is 6.03 Å². The number of hydrogen-bond donors (Lipinski definition) is 3. The van der Waals surface area contributed by atoms with Crippen LogP contribution in [-0.2, 0) is 6.54 Å². The highest BCUT2D eigenvalue weighted by molar-refractivity contribution is 5.89. The molecule has 0 radical (unpaired) electrons. The summed E-state index contributed by atoms with van der Waals surface area (Å²) in [6.45, 7) is 0.828. The number of rotatable bonds is 5. The standard InChI is InChI=1S/C19H24N4O2/c24-12-17-14-5-6-15(10-14)18(17)22-19(25)21-16-4-1-3-13(9-16)11-23-8-2-7-20-23/h1-4,7-9,14-15,17-18,24H,5-6,10-12H2,(H2,21,22,25). The lowest BCUT2D eigenvalue weighted by molar-refractivity contribution is 0.146. The molecule has 2 aromatic rings. The van der Waals surface area contributed by atoms with E-state index in [9.17, 15) is 9.90 Å². The monoisotopic (exact) mass is 340 g/mol. The molecular weight excluding hydrogens is 316 g/mol. The summed E-state index contributed by atoms with van der Waals surface area (Å²) in [6, 6.07) is 9.60. The number of hydrogen-bond acceptors (Lipinski definition) is 3. The molecular formula is C19H24N4O2. The molecule has 4 rings (SSSR count). The van der Waals surface area contributed by atoms with Crippen molar-refractivity contribution in [2.75, 3.05) is 11.9 Å². The maximum atomic E-state index is 12.4. The van der Waals surface area contributed by atoms with Gasteiger partial charge in [0.25, 0.3) is 0 Å². The van der Waals surface area contributed by atoms with Crippen molar-refractivity contribution in [2.24, 2.45) is 17.8 Å². The van der Waals surface area contributed by atoms with Crippen LogP contribution in [0.25, 0.3) is 0 Å². The van der Waals surface area contributed by atoms with Crippen LogP contribution in [0.4, 0.5) is 10.5 Å². The Balaban J connectivity index is 1.38. The number of nitrogens with one attached hydrogen (secondary N) is 2. The van der Waals surface area contributed by atoms with Crippen LogP contribution in [-0.4, -0.2) is 33.6 Å². The normalized spacial score (nSPS) is 27.4. The van der Waals surface area contributed by atoms with Crippen molar-refractivity contribution in [2.45, 2.75) is 31.8 Å². The molecule has 4 atom stereocenters. The summed E-state index contributed by atoms with van der Waals surface area (Å²) in [5.74, 6) is 1.28. The Hall–Kier alpha value is -2.34. The molecule has 3 N–H and O–H groups in total. The number of nitrogens with zero attached hydrogens (tertiary/aromatic N) is 2. The molecule has 2 aliphatic rings. The molecule has 1 aromatic heterocycles. The first-order valence-corrected chi connectivity index (χ1v) is 8.97. The van der Waals surface area contributed by atoms with E-state index in [1.165, 1.54) is 6.42 Å². The van der Waals surface area contributed by atoms with Crippen LogP contribution >= 0.6 is 0 Å². The Labute approximate surface area is 147 Å². The average molecular weight is 340 g/mol. The van der Waals surface area contributed by atoms with Gasteiger partial charge < -0.3 is 15.7 Å². The van der Waals surface area contributed by atoms with Crippen molar-refractivity contribution in [1.82, 2.24) is 15.1 Å². The SMILES string of the molecule is O=C(Nc1cccc(Cn2cccn2)c1)NC1C2CCC(C2)C1CO. The summed E-state index contributed by atoms with van der Waals surface area (Å²) in [4.78, 5) is 12.4. The minimum atomic E-state index is -0.188. The Kier molecular flexibility index (Phi) is 4.44. The minimum Gasteiger partial charge on any atom is -0.396 e. The summed E-state index contributed by atoms with van der Waals surface area (Å²) in [5.41, 5.74) is 1.85. The van der Waals surface area contributed by atoms with Gasteiger partial charge in [-0.25, -0.2) is 4.79 Å². The van der Waals surface area contributed by atoms with Crippen molar-refractivity contribution in [3.05, 3.63) is 48.3 Å². The van der Waals surface area contributed by atoms with Gasteiger partial charge in [-0.1, -0.05) is 12.1 Å².